The summed E-state index contributed by atoms with van der Waals surface area (Å²) < 4.78 is 14.2. The Labute approximate surface area is 146 Å². The highest BCUT2D eigenvalue weighted by Crippen LogP contribution is 2.29. The lowest BCUT2D eigenvalue weighted by molar-refractivity contribution is 0.268. The molecular weight excluding hydrogens is 322 g/mol. The van der Waals surface area contributed by atoms with E-state index in [1.54, 1.807) is 4.57 Å². The van der Waals surface area contributed by atoms with E-state index in [9.17, 15) is 0 Å². The van der Waals surface area contributed by atoms with Gasteiger partial charge >= 0.3 is 0 Å². The second kappa shape index (κ2) is 6.65. The molecule has 0 fully saturated rings. The van der Waals surface area contributed by atoms with Crippen LogP contribution in [0.25, 0.3) is 11.6 Å². The van der Waals surface area contributed by atoms with Crippen molar-refractivity contribution in [2.75, 3.05) is 0 Å². The number of nitrogens with zero attached hydrogens (tertiary/aromatic N) is 2. The van der Waals surface area contributed by atoms with Crippen molar-refractivity contribution in [1.82, 2.24) is 14.8 Å². The summed E-state index contributed by atoms with van der Waals surface area (Å²) in [5.74, 6) is 3.39. The molecule has 0 bridgehead atoms. The quantitative estimate of drug-likeness (QED) is 0.679. The van der Waals surface area contributed by atoms with Gasteiger partial charge in [-0.05, 0) is 54.4 Å². The van der Waals surface area contributed by atoms with Crippen molar-refractivity contribution in [3.8, 4) is 17.3 Å². The molecule has 5 nitrogen and oxygen atoms in total. The molecule has 0 aliphatic carbocycles. The number of ether oxygens (including phenoxy) is 1. The zero-order chi connectivity index (χ0) is 17.3. The van der Waals surface area contributed by atoms with Crippen molar-refractivity contribution in [3.63, 3.8) is 0 Å². The van der Waals surface area contributed by atoms with Crippen LogP contribution in [0, 0.1) is 11.7 Å². The zero-order valence-corrected chi connectivity index (χ0v) is 15.1. The van der Waals surface area contributed by atoms with Gasteiger partial charge in [0.1, 0.15) is 18.1 Å². The summed E-state index contributed by atoms with van der Waals surface area (Å²) in [4.78, 5) is 0. The van der Waals surface area contributed by atoms with Gasteiger partial charge in [-0.1, -0.05) is 26.0 Å². The zero-order valence-electron chi connectivity index (χ0n) is 14.3. The first kappa shape index (κ1) is 16.5. The molecular formula is C18H21N3O2S. The van der Waals surface area contributed by atoms with E-state index in [4.69, 9.17) is 21.4 Å². The number of nitrogens with one attached hydrogen (secondary N) is 1. The van der Waals surface area contributed by atoms with Gasteiger partial charge in [-0.15, -0.1) is 0 Å². The van der Waals surface area contributed by atoms with Gasteiger partial charge in [-0.2, -0.15) is 5.10 Å². The molecule has 24 heavy (non-hydrogen) atoms. The lowest BCUT2D eigenvalue weighted by Crippen LogP contribution is -1.99. The highest BCUT2D eigenvalue weighted by molar-refractivity contribution is 7.71. The summed E-state index contributed by atoms with van der Waals surface area (Å²) >= 11 is 5.13. The molecule has 0 amide bonds. The topological polar surface area (TPSA) is 56.0 Å². The van der Waals surface area contributed by atoms with Gasteiger partial charge in [-0.3, -0.25) is 5.10 Å². The molecule has 0 radical (unpaired) electrons. The Morgan fingerprint density at radius 3 is 2.75 bits per heavy atom. The predicted octanol–water partition coefficient (Wildman–Crippen LogP) is 4.75. The van der Waals surface area contributed by atoms with E-state index in [1.807, 2.05) is 19.2 Å². The fourth-order valence-corrected chi connectivity index (χ4v) is 2.67. The molecule has 2 heterocycles. The predicted molar refractivity (Wildman–Crippen MR) is 95.7 cm³/mol. The van der Waals surface area contributed by atoms with Crippen molar-refractivity contribution >= 4 is 12.2 Å². The Morgan fingerprint density at radius 1 is 1.29 bits per heavy atom. The van der Waals surface area contributed by atoms with Gasteiger partial charge in [0.15, 0.2) is 16.4 Å². The number of benzene rings is 1. The number of hydrogen-bond acceptors (Lipinski definition) is 4. The first-order valence-electron chi connectivity index (χ1n) is 7.89. The van der Waals surface area contributed by atoms with Crippen LogP contribution in [0.15, 0.2) is 34.7 Å². The Balaban J connectivity index is 1.78. The second-order valence-corrected chi connectivity index (χ2v) is 6.55. The molecule has 0 atom stereocenters. The molecule has 3 aromatic rings. The number of rotatable bonds is 5. The summed E-state index contributed by atoms with van der Waals surface area (Å²) in [5.41, 5.74) is 2.37. The highest BCUT2D eigenvalue weighted by atomic mass is 32.1. The van der Waals surface area contributed by atoms with Gasteiger partial charge < -0.3 is 13.7 Å². The van der Waals surface area contributed by atoms with E-state index < -0.39 is 0 Å². The van der Waals surface area contributed by atoms with Gasteiger partial charge in [0.05, 0.1) is 0 Å². The van der Waals surface area contributed by atoms with Crippen LogP contribution < -0.4 is 4.74 Å². The smallest absolute Gasteiger partial charge is 0.198 e. The summed E-state index contributed by atoms with van der Waals surface area (Å²) in [6.07, 6.45) is 0. The van der Waals surface area contributed by atoms with E-state index in [1.165, 1.54) is 11.1 Å². The number of hydrogen-bond donors (Lipinski definition) is 1. The molecule has 2 aromatic heterocycles. The Bertz CT molecular complexity index is 905. The Morgan fingerprint density at radius 2 is 2.08 bits per heavy atom. The third-order valence-electron chi connectivity index (χ3n) is 3.92. The van der Waals surface area contributed by atoms with Gasteiger partial charge in [0, 0.05) is 7.05 Å². The molecule has 0 saturated heterocycles. The first-order chi connectivity index (χ1) is 11.5. The summed E-state index contributed by atoms with van der Waals surface area (Å²) in [5, 5.41) is 6.93. The lowest BCUT2D eigenvalue weighted by Gasteiger charge is -2.14. The minimum atomic E-state index is 0.373. The number of aryl methyl sites for hydroxylation is 1. The molecule has 0 aliphatic heterocycles. The third kappa shape index (κ3) is 3.28. The van der Waals surface area contributed by atoms with Crippen molar-refractivity contribution in [3.05, 3.63) is 52.0 Å². The fraction of sp³-hybridized carbons (Fsp3) is 0.333. The average Bonchev–Trinajstić information content (AvgIpc) is 3.13. The minimum absolute atomic E-state index is 0.373. The number of H-pyrrole nitrogens is 1. The third-order valence-corrected chi connectivity index (χ3v) is 4.29. The number of aromatic nitrogens is 3. The maximum atomic E-state index is 6.00. The van der Waals surface area contributed by atoms with Crippen LogP contribution in [0.3, 0.4) is 0 Å². The van der Waals surface area contributed by atoms with Crippen LogP contribution in [0.2, 0.25) is 0 Å². The van der Waals surface area contributed by atoms with Crippen LogP contribution >= 0.6 is 12.2 Å². The standard InChI is InChI=1S/C18H21N3O2S/c1-11(2)14-7-5-12(3)9-16(14)22-10-13-6-8-15(23-13)17-19-20-18(24)21(17)4/h5-9,11H,10H2,1-4H3,(H,20,24). The van der Waals surface area contributed by atoms with Gasteiger partial charge in [0.25, 0.3) is 0 Å². The fourth-order valence-electron chi connectivity index (χ4n) is 2.54. The lowest BCUT2D eigenvalue weighted by atomic mass is 10.0. The molecule has 1 N–H and O–H groups in total. The van der Waals surface area contributed by atoms with Crippen LogP contribution in [0.1, 0.15) is 36.7 Å². The second-order valence-electron chi connectivity index (χ2n) is 6.16. The number of furan rings is 1. The Hall–Kier alpha value is -2.34. The first-order valence-corrected chi connectivity index (χ1v) is 8.30. The number of aromatic amines is 1. The Kier molecular flexibility index (Phi) is 4.57. The maximum absolute atomic E-state index is 6.00. The van der Waals surface area contributed by atoms with Gasteiger partial charge in [0.2, 0.25) is 0 Å². The summed E-state index contributed by atoms with van der Waals surface area (Å²) in [6.45, 7) is 6.75. The van der Waals surface area contributed by atoms with E-state index >= 15 is 0 Å². The van der Waals surface area contributed by atoms with Crippen LogP contribution in [-0.4, -0.2) is 14.8 Å². The minimum Gasteiger partial charge on any atom is -0.485 e. The normalized spacial score (nSPS) is 11.2. The molecule has 0 unspecified atom stereocenters. The molecule has 6 heteroatoms. The maximum Gasteiger partial charge on any atom is 0.198 e. The summed E-state index contributed by atoms with van der Waals surface area (Å²) in [6, 6.07) is 10.1. The van der Waals surface area contributed by atoms with E-state index in [0.29, 0.717) is 28.9 Å². The molecule has 1 aromatic carbocycles. The average molecular weight is 343 g/mol. The van der Waals surface area contributed by atoms with Gasteiger partial charge in [-0.25, -0.2) is 0 Å². The van der Waals surface area contributed by atoms with Crippen molar-refractivity contribution in [1.29, 1.82) is 0 Å². The van der Waals surface area contributed by atoms with E-state index in [0.717, 1.165) is 11.5 Å². The van der Waals surface area contributed by atoms with E-state index in [-0.39, 0.29) is 0 Å². The molecule has 0 spiro atoms. The molecule has 0 aliphatic rings. The van der Waals surface area contributed by atoms with Crippen molar-refractivity contribution in [2.24, 2.45) is 7.05 Å². The van der Waals surface area contributed by atoms with Crippen LogP contribution in [0.5, 0.6) is 5.75 Å². The SMILES string of the molecule is Cc1ccc(C(C)C)c(OCc2ccc(-c3n[nH]c(=S)n3C)o2)c1. The van der Waals surface area contributed by atoms with Crippen molar-refractivity contribution < 1.29 is 9.15 Å². The van der Waals surface area contributed by atoms with E-state index in [2.05, 4.69) is 49.2 Å². The molecule has 126 valence electrons. The molecule has 0 saturated carbocycles. The van der Waals surface area contributed by atoms with Crippen LogP contribution in [0.4, 0.5) is 0 Å². The molecule has 3 rings (SSSR count). The monoisotopic (exact) mass is 343 g/mol. The highest BCUT2D eigenvalue weighted by Gasteiger charge is 2.13. The van der Waals surface area contributed by atoms with Crippen molar-refractivity contribution in [2.45, 2.75) is 33.3 Å². The summed E-state index contributed by atoms with van der Waals surface area (Å²) in [7, 11) is 1.85. The largest absolute Gasteiger partial charge is 0.485 e. The van der Waals surface area contributed by atoms with Crippen LogP contribution in [-0.2, 0) is 13.7 Å².